The highest BCUT2D eigenvalue weighted by molar-refractivity contribution is 4.92. The van der Waals surface area contributed by atoms with Gasteiger partial charge in [0.25, 0.3) is 0 Å². The van der Waals surface area contributed by atoms with Gasteiger partial charge in [0, 0.05) is 44.9 Å². The fourth-order valence-electron chi connectivity index (χ4n) is 2.68. The number of rotatable bonds is 5. The molecule has 0 radical (unpaired) electrons. The van der Waals surface area contributed by atoms with Gasteiger partial charge < -0.3 is 10.5 Å². The minimum Gasteiger partial charge on any atom is -0.384 e. The summed E-state index contributed by atoms with van der Waals surface area (Å²) >= 11 is 0. The highest BCUT2D eigenvalue weighted by Gasteiger charge is 2.35. The SMILES string of the molecule is COCC(C)C(CN)N1CCN(C)C(C)(C)C1. The topological polar surface area (TPSA) is 41.7 Å². The highest BCUT2D eigenvalue weighted by Crippen LogP contribution is 2.22. The van der Waals surface area contributed by atoms with E-state index in [0.29, 0.717) is 18.5 Å². The normalized spacial score (nSPS) is 25.8. The molecule has 1 saturated heterocycles. The molecule has 0 aliphatic carbocycles. The van der Waals surface area contributed by atoms with Crippen LogP contribution in [0.5, 0.6) is 0 Å². The van der Waals surface area contributed by atoms with Crippen LogP contribution in [-0.4, -0.2) is 68.3 Å². The Kier molecular flexibility index (Phi) is 5.38. The van der Waals surface area contributed by atoms with E-state index in [1.54, 1.807) is 7.11 Å². The third kappa shape index (κ3) is 3.65. The molecular formula is C13H29N3O. The largest absolute Gasteiger partial charge is 0.384 e. The molecule has 102 valence electrons. The van der Waals surface area contributed by atoms with Crippen LogP contribution in [0.3, 0.4) is 0 Å². The number of methoxy groups -OCH3 is 1. The van der Waals surface area contributed by atoms with Gasteiger partial charge in [-0.15, -0.1) is 0 Å². The molecule has 2 N–H and O–H groups in total. The van der Waals surface area contributed by atoms with Gasteiger partial charge in [0.2, 0.25) is 0 Å². The van der Waals surface area contributed by atoms with Crippen molar-refractivity contribution in [2.75, 3.05) is 46.9 Å². The Morgan fingerprint density at radius 1 is 1.35 bits per heavy atom. The lowest BCUT2D eigenvalue weighted by Gasteiger charge is -2.49. The van der Waals surface area contributed by atoms with Crippen LogP contribution in [0.4, 0.5) is 0 Å². The average molecular weight is 243 g/mol. The number of ether oxygens (including phenoxy) is 1. The third-order valence-corrected chi connectivity index (χ3v) is 4.14. The molecule has 0 aromatic rings. The molecule has 0 amide bonds. The van der Waals surface area contributed by atoms with Crippen molar-refractivity contribution in [1.29, 1.82) is 0 Å². The van der Waals surface area contributed by atoms with E-state index in [-0.39, 0.29) is 5.54 Å². The van der Waals surface area contributed by atoms with Gasteiger partial charge in [0.15, 0.2) is 0 Å². The zero-order valence-corrected chi connectivity index (χ0v) is 12.1. The molecule has 2 atom stereocenters. The Morgan fingerprint density at radius 2 is 2.00 bits per heavy atom. The summed E-state index contributed by atoms with van der Waals surface area (Å²) in [5, 5.41) is 0. The van der Waals surface area contributed by atoms with E-state index >= 15 is 0 Å². The number of nitrogens with two attached hydrogens (primary N) is 1. The maximum atomic E-state index is 5.95. The Labute approximate surface area is 106 Å². The van der Waals surface area contributed by atoms with Gasteiger partial charge in [-0.1, -0.05) is 6.92 Å². The monoisotopic (exact) mass is 243 g/mol. The van der Waals surface area contributed by atoms with Crippen molar-refractivity contribution in [1.82, 2.24) is 9.80 Å². The minimum absolute atomic E-state index is 0.235. The zero-order valence-electron chi connectivity index (χ0n) is 12.1. The second kappa shape index (κ2) is 6.14. The minimum atomic E-state index is 0.235. The molecule has 17 heavy (non-hydrogen) atoms. The van der Waals surface area contributed by atoms with Crippen molar-refractivity contribution in [2.45, 2.75) is 32.4 Å². The van der Waals surface area contributed by atoms with Gasteiger partial charge in [0.1, 0.15) is 0 Å². The first-order valence-corrected chi connectivity index (χ1v) is 6.56. The summed E-state index contributed by atoms with van der Waals surface area (Å²) in [6.45, 7) is 11.6. The molecule has 1 fully saturated rings. The number of hydrogen-bond acceptors (Lipinski definition) is 4. The second-order valence-corrected chi connectivity index (χ2v) is 5.94. The molecule has 2 unspecified atom stereocenters. The summed E-state index contributed by atoms with van der Waals surface area (Å²) < 4.78 is 5.26. The van der Waals surface area contributed by atoms with Crippen LogP contribution < -0.4 is 5.73 Å². The first-order chi connectivity index (χ1) is 7.92. The smallest absolute Gasteiger partial charge is 0.0503 e. The van der Waals surface area contributed by atoms with Crippen LogP contribution in [0.25, 0.3) is 0 Å². The molecule has 1 aliphatic heterocycles. The zero-order chi connectivity index (χ0) is 13.1. The summed E-state index contributed by atoms with van der Waals surface area (Å²) in [5.74, 6) is 0.490. The van der Waals surface area contributed by atoms with Gasteiger partial charge in [0.05, 0.1) is 6.61 Å². The number of likely N-dealkylation sites (N-methyl/N-ethyl adjacent to an activating group) is 1. The van der Waals surface area contributed by atoms with Gasteiger partial charge >= 0.3 is 0 Å². The van der Waals surface area contributed by atoms with E-state index in [1.165, 1.54) is 0 Å². The summed E-state index contributed by atoms with van der Waals surface area (Å²) in [4.78, 5) is 4.96. The molecule has 0 spiro atoms. The number of piperazine rings is 1. The quantitative estimate of drug-likeness (QED) is 0.769. The molecular weight excluding hydrogens is 214 g/mol. The fourth-order valence-corrected chi connectivity index (χ4v) is 2.68. The van der Waals surface area contributed by atoms with Crippen LogP contribution in [0.15, 0.2) is 0 Å². The van der Waals surface area contributed by atoms with E-state index in [2.05, 4.69) is 37.6 Å². The van der Waals surface area contributed by atoms with E-state index in [0.717, 1.165) is 26.2 Å². The van der Waals surface area contributed by atoms with Gasteiger partial charge in [-0.2, -0.15) is 0 Å². The molecule has 4 heteroatoms. The van der Waals surface area contributed by atoms with Crippen molar-refractivity contribution in [2.24, 2.45) is 11.7 Å². The maximum absolute atomic E-state index is 5.95. The summed E-state index contributed by atoms with van der Waals surface area (Å²) in [7, 11) is 3.96. The van der Waals surface area contributed by atoms with Gasteiger partial charge in [-0.3, -0.25) is 9.80 Å². The molecule has 1 rings (SSSR count). The maximum Gasteiger partial charge on any atom is 0.0503 e. The lowest BCUT2D eigenvalue weighted by atomic mass is 9.94. The van der Waals surface area contributed by atoms with Crippen molar-refractivity contribution >= 4 is 0 Å². The van der Waals surface area contributed by atoms with Gasteiger partial charge in [-0.05, 0) is 26.8 Å². The van der Waals surface area contributed by atoms with E-state index < -0.39 is 0 Å². The molecule has 1 heterocycles. The predicted octanol–water partition coefficient (Wildman–Crippen LogP) is 0.622. The molecule has 0 aromatic heterocycles. The molecule has 0 aromatic carbocycles. The van der Waals surface area contributed by atoms with Crippen molar-refractivity contribution in [3.8, 4) is 0 Å². The lowest BCUT2D eigenvalue weighted by molar-refractivity contribution is -0.00482. The van der Waals surface area contributed by atoms with Gasteiger partial charge in [-0.25, -0.2) is 0 Å². The summed E-state index contributed by atoms with van der Waals surface area (Å²) in [6.07, 6.45) is 0. The van der Waals surface area contributed by atoms with Crippen LogP contribution in [0.1, 0.15) is 20.8 Å². The average Bonchev–Trinajstić information content (AvgIpc) is 2.24. The fraction of sp³-hybridized carbons (Fsp3) is 1.00. The Bertz CT molecular complexity index is 233. The van der Waals surface area contributed by atoms with Crippen LogP contribution >= 0.6 is 0 Å². The van der Waals surface area contributed by atoms with Crippen molar-refractivity contribution in [3.05, 3.63) is 0 Å². The lowest BCUT2D eigenvalue weighted by Crippen LogP contribution is -2.62. The Balaban J connectivity index is 2.64. The van der Waals surface area contributed by atoms with E-state index in [1.807, 2.05) is 0 Å². The molecule has 0 bridgehead atoms. The number of hydrogen-bond donors (Lipinski definition) is 1. The standard InChI is InChI=1S/C13H29N3O/c1-11(9-17-5)12(8-14)16-7-6-15(4)13(2,3)10-16/h11-12H,6-10,14H2,1-5H3. The summed E-state index contributed by atoms with van der Waals surface area (Å²) in [6, 6.07) is 0.433. The number of nitrogens with zero attached hydrogens (tertiary/aromatic N) is 2. The van der Waals surface area contributed by atoms with E-state index in [9.17, 15) is 0 Å². The molecule has 1 aliphatic rings. The predicted molar refractivity (Wildman–Crippen MR) is 72.2 cm³/mol. The Hall–Kier alpha value is -0.160. The van der Waals surface area contributed by atoms with E-state index in [4.69, 9.17) is 10.5 Å². The van der Waals surface area contributed by atoms with Crippen molar-refractivity contribution < 1.29 is 4.74 Å². The second-order valence-electron chi connectivity index (χ2n) is 5.94. The van der Waals surface area contributed by atoms with Crippen LogP contribution in [0.2, 0.25) is 0 Å². The third-order valence-electron chi connectivity index (χ3n) is 4.14. The first kappa shape index (κ1) is 14.9. The van der Waals surface area contributed by atoms with Crippen molar-refractivity contribution in [3.63, 3.8) is 0 Å². The first-order valence-electron chi connectivity index (χ1n) is 6.56. The Morgan fingerprint density at radius 3 is 2.47 bits per heavy atom. The highest BCUT2D eigenvalue weighted by atomic mass is 16.5. The summed E-state index contributed by atoms with van der Waals surface area (Å²) in [5.41, 5.74) is 6.18. The molecule has 0 saturated carbocycles. The van der Waals surface area contributed by atoms with Crippen LogP contribution in [-0.2, 0) is 4.74 Å². The molecule has 4 nitrogen and oxygen atoms in total. The van der Waals surface area contributed by atoms with Crippen LogP contribution in [0, 0.1) is 5.92 Å².